The summed E-state index contributed by atoms with van der Waals surface area (Å²) in [6.45, 7) is 4.71. The predicted octanol–water partition coefficient (Wildman–Crippen LogP) is 20.9. The number of aliphatic hydroxyl groups excluding tert-OH is 1. The predicted molar refractivity (Wildman–Crippen MR) is 335 cm³/mol. The molecule has 0 aromatic rings. The highest BCUT2D eigenvalue weighted by molar-refractivity contribution is 7.45. The fourth-order valence-electron chi connectivity index (χ4n) is 10.6. The Balaban J connectivity index is 4.04. The first-order chi connectivity index (χ1) is 37.5. The molecular weight excluding hydrogens is 972 g/mol. The van der Waals surface area contributed by atoms with E-state index in [4.69, 9.17) is 9.05 Å². The molecule has 2 N–H and O–H groups in total. The van der Waals surface area contributed by atoms with Gasteiger partial charge < -0.3 is 28.8 Å². The van der Waals surface area contributed by atoms with Gasteiger partial charge in [-0.2, -0.15) is 0 Å². The number of rotatable bonds is 64. The number of phosphoric ester groups is 1. The van der Waals surface area contributed by atoms with Crippen LogP contribution in [0.25, 0.3) is 0 Å². The maximum absolute atomic E-state index is 13.0. The van der Waals surface area contributed by atoms with Crippen LogP contribution in [-0.4, -0.2) is 68.5 Å². The molecule has 0 fully saturated rings. The van der Waals surface area contributed by atoms with Crippen LogP contribution >= 0.6 is 7.82 Å². The van der Waals surface area contributed by atoms with Crippen molar-refractivity contribution in [1.82, 2.24) is 5.32 Å². The van der Waals surface area contributed by atoms with Gasteiger partial charge in [0.15, 0.2) is 0 Å². The average molecular weight is 1110 g/mol. The molecule has 0 radical (unpaired) electrons. The second-order valence-corrected chi connectivity index (χ2v) is 26.3. The summed E-state index contributed by atoms with van der Waals surface area (Å²) >= 11 is 0. The second-order valence-electron chi connectivity index (χ2n) is 24.9. The van der Waals surface area contributed by atoms with E-state index in [1.54, 1.807) is 6.08 Å². The van der Waals surface area contributed by atoms with E-state index in [1.165, 1.54) is 295 Å². The SMILES string of the molecule is CCCCCCCCCCCCCC/C=C\CCCCCCCCCCCCCCCCCCC(=O)NC(COP(=O)([O-])OCC[N+](C)(C)C)C(O)/C=C/CCCCCCCCCCCCCCCCCCCCCCC. The van der Waals surface area contributed by atoms with Crippen LogP contribution in [0.15, 0.2) is 24.3 Å². The Bertz CT molecular complexity index is 1300. The van der Waals surface area contributed by atoms with E-state index in [1.807, 2.05) is 27.2 Å². The van der Waals surface area contributed by atoms with Crippen LogP contribution in [0.2, 0.25) is 0 Å². The van der Waals surface area contributed by atoms with Crippen molar-refractivity contribution >= 4 is 13.7 Å². The Morgan fingerprint density at radius 3 is 1.01 bits per heavy atom. The third-order valence-corrected chi connectivity index (χ3v) is 16.9. The third kappa shape index (κ3) is 62.4. The fourth-order valence-corrected chi connectivity index (χ4v) is 11.3. The van der Waals surface area contributed by atoms with Crippen molar-refractivity contribution in [3.05, 3.63) is 24.3 Å². The molecule has 0 aromatic heterocycles. The van der Waals surface area contributed by atoms with Crippen molar-refractivity contribution in [2.45, 2.75) is 366 Å². The van der Waals surface area contributed by atoms with Gasteiger partial charge in [0.2, 0.25) is 5.91 Å². The molecule has 9 heteroatoms. The van der Waals surface area contributed by atoms with E-state index in [2.05, 4.69) is 31.3 Å². The number of phosphoric acid groups is 1. The molecule has 0 bridgehead atoms. The van der Waals surface area contributed by atoms with Crippen LogP contribution in [0.1, 0.15) is 354 Å². The number of carbonyl (C=O) groups is 1. The van der Waals surface area contributed by atoms with E-state index < -0.39 is 20.0 Å². The molecule has 77 heavy (non-hydrogen) atoms. The number of carbonyl (C=O) groups excluding carboxylic acids is 1. The molecule has 1 amide bonds. The van der Waals surface area contributed by atoms with Crippen molar-refractivity contribution in [1.29, 1.82) is 0 Å². The monoisotopic (exact) mass is 1110 g/mol. The summed E-state index contributed by atoms with van der Waals surface area (Å²) in [5.41, 5.74) is 0. The number of quaternary nitrogens is 1. The number of hydrogen-bond donors (Lipinski definition) is 2. The van der Waals surface area contributed by atoms with Crippen molar-refractivity contribution in [2.24, 2.45) is 0 Å². The topological polar surface area (TPSA) is 108 Å². The van der Waals surface area contributed by atoms with Gasteiger partial charge in [-0.3, -0.25) is 9.36 Å². The van der Waals surface area contributed by atoms with E-state index in [-0.39, 0.29) is 19.1 Å². The number of nitrogens with one attached hydrogen (secondary N) is 1. The maximum atomic E-state index is 13.0. The summed E-state index contributed by atoms with van der Waals surface area (Å²) in [6.07, 6.45) is 77.2. The molecule has 0 spiro atoms. The largest absolute Gasteiger partial charge is 0.756 e. The Labute approximate surface area is 481 Å². The average Bonchev–Trinajstić information content (AvgIpc) is 3.39. The van der Waals surface area contributed by atoms with Crippen LogP contribution in [0, 0.1) is 0 Å². The van der Waals surface area contributed by atoms with Gasteiger partial charge in [0.1, 0.15) is 13.2 Å². The Kier molecular flexibility index (Phi) is 58.8. The number of aliphatic hydroxyl groups is 1. The minimum absolute atomic E-state index is 0.00163. The lowest BCUT2D eigenvalue weighted by Crippen LogP contribution is -2.45. The van der Waals surface area contributed by atoms with Crippen molar-refractivity contribution in [2.75, 3.05) is 40.9 Å². The van der Waals surface area contributed by atoms with Gasteiger partial charge in [0, 0.05) is 6.42 Å². The highest BCUT2D eigenvalue weighted by atomic mass is 31.2. The zero-order chi connectivity index (χ0) is 56.3. The molecule has 0 aliphatic rings. The van der Waals surface area contributed by atoms with Crippen molar-refractivity contribution in [3.8, 4) is 0 Å². The summed E-state index contributed by atoms with van der Waals surface area (Å²) in [5, 5.41) is 14.0. The van der Waals surface area contributed by atoms with E-state index in [0.717, 1.165) is 38.5 Å². The maximum Gasteiger partial charge on any atom is 0.268 e. The highest BCUT2D eigenvalue weighted by Crippen LogP contribution is 2.38. The molecule has 0 heterocycles. The molecule has 0 aliphatic heterocycles. The molecule has 0 saturated carbocycles. The van der Waals surface area contributed by atoms with Gasteiger partial charge in [-0.25, -0.2) is 0 Å². The number of amides is 1. The quantitative estimate of drug-likeness (QED) is 0.0272. The number of nitrogens with zero attached hydrogens (tertiary/aromatic N) is 1. The highest BCUT2D eigenvalue weighted by Gasteiger charge is 2.23. The smallest absolute Gasteiger partial charge is 0.268 e. The van der Waals surface area contributed by atoms with E-state index in [9.17, 15) is 19.4 Å². The zero-order valence-electron chi connectivity index (χ0n) is 52.4. The van der Waals surface area contributed by atoms with Crippen LogP contribution in [-0.2, 0) is 18.4 Å². The number of hydrogen-bond acceptors (Lipinski definition) is 6. The fraction of sp³-hybridized carbons (Fsp3) is 0.926. The molecule has 0 aromatic carbocycles. The van der Waals surface area contributed by atoms with Gasteiger partial charge in [0.25, 0.3) is 7.82 Å². The summed E-state index contributed by atoms with van der Waals surface area (Å²) in [5.74, 6) is -0.190. The number of allylic oxidation sites excluding steroid dienone is 3. The molecule has 3 atom stereocenters. The molecule has 8 nitrogen and oxygen atoms in total. The Morgan fingerprint density at radius 2 is 0.714 bits per heavy atom. The molecular formula is C68H135N2O6P. The first-order valence-electron chi connectivity index (χ1n) is 34.2. The van der Waals surface area contributed by atoms with Crippen molar-refractivity contribution in [3.63, 3.8) is 0 Å². The summed E-state index contributed by atoms with van der Waals surface area (Å²) < 4.78 is 23.4. The molecule has 0 aliphatic carbocycles. The first kappa shape index (κ1) is 76.0. The number of likely N-dealkylation sites (N-methyl/N-ethyl adjacent to an activating group) is 1. The van der Waals surface area contributed by atoms with Crippen LogP contribution in [0.3, 0.4) is 0 Å². The molecule has 3 unspecified atom stereocenters. The van der Waals surface area contributed by atoms with Gasteiger partial charge in [-0.05, 0) is 44.9 Å². The molecule has 0 saturated heterocycles. The minimum atomic E-state index is -4.60. The van der Waals surface area contributed by atoms with Crippen LogP contribution in [0.4, 0.5) is 0 Å². The van der Waals surface area contributed by atoms with Gasteiger partial charge in [-0.15, -0.1) is 0 Å². The van der Waals surface area contributed by atoms with Gasteiger partial charge in [-0.1, -0.05) is 327 Å². The van der Waals surface area contributed by atoms with Crippen molar-refractivity contribution < 1.29 is 32.9 Å². The lowest BCUT2D eigenvalue weighted by molar-refractivity contribution is -0.870. The zero-order valence-corrected chi connectivity index (χ0v) is 53.3. The van der Waals surface area contributed by atoms with E-state index >= 15 is 0 Å². The summed E-state index contributed by atoms with van der Waals surface area (Å²) in [6, 6.07) is -0.885. The van der Waals surface area contributed by atoms with Crippen LogP contribution < -0.4 is 10.2 Å². The molecule has 0 rings (SSSR count). The van der Waals surface area contributed by atoms with Gasteiger partial charge >= 0.3 is 0 Å². The first-order valence-corrected chi connectivity index (χ1v) is 35.7. The summed E-state index contributed by atoms with van der Waals surface area (Å²) in [7, 11) is 1.28. The lowest BCUT2D eigenvalue weighted by atomic mass is 10.0. The Hall–Kier alpha value is -1.02. The standard InChI is InChI=1S/C68H135N2O6P/c1-6-8-10-12-14-16-18-20-22-24-26-28-30-31-32-33-34-35-36-37-38-40-42-44-46-48-50-52-54-56-58-60-62-68(72)69-66(65-76-77(73,74)75-64-63-70(3,4)5)67(71)61-59-57-55-53-51-49-47-45-43-41-39-29-27-25-23-21-19-17-15-13-11-9-7-2/h31-32,59,61,66-67,71H,6-30,33-58,60,62-65H2,1-5H3,(H-,69,72,73,74)/b32-31-,61-59+. The molecule has 458 valence electrons. The van der Waals surface area contributed by atoms with Gasteiger partial charge in [0.05, 0.1) is 39.9 Å². The lowest BCUT2D eigenvalue weighted by Gasteiger charge is -2.29. The summed E-state index contributed by atoms with van der Waals surface area (Å²) in [4.78, 5) is 25.6. The third-order valence-electron chi connectivity index (χ3n) is 15.9. The normalized spacial score (nSPS) is 13.8. The van der Waals surface area contributed by atoms with Crippen LogP contribution in [0.5, 0.6) is 0 Å². The Morgan fingerprint density at radius 1 is 0.442 bits per heavy atom. The number of unbranched alkanes of at least 4 members (excludes halogenated alkanes) is 49. The minimum Gasteiger partial charge on any atom is -0.756 e. The second kappa shape index (κ2) is 59.6. The van der Waals surface area contributed by atoms with E-state index in [0.29, 0.717) is 17.4 Å².